The van der Waals surface area contributed by atoms with Crippen molar-refractivity contribution in [1.29, 1.82) is 0 Å². The van der Waals surface area contributed by atoms with Gasteiger partial charge >= 0.3 is 0 Å². The van der Waals surface area contributed by atoms with E-state index in [4.69, 9.17) is 0 Å². The number of benzene rings is 1. The number of aromatic nitrogens is 3. The van der Waals surface area contributed by atoms with Gasteiger partial charge in [-0.2, -0.15) is 5.10 Å². The maximum Gasteiger partial charge on any atom is 0.154 e. The van der Waals surface area contributed by atoms with Gasteiger partial charge in [0.2, 0.25) is 0 Å². The highest BCUT2D eigenvalue weighted by Gasteiger charge is 2.20. The summed E-state index contributed by atoms with van der Waals surface area (Å²) in [6.45, 7) is 4.24. The Morgan fingerprint density at radius 2 is 1.92 bits per heavy atom. The average molecular weight is 334 g/mol. The Morgan fingerprint density at radius 1 is 1.16 bits per heavy atom. The fourth-order valence-corrected chi connectivity index (χ4v) is 2.91. The summed E-state index contributed by atoms with van der Waals surface area (Å²) < 4.78 is 0. The van der Waals surface area contributed by atoms with Crippen LogP contribution in [0.3, 0.4) is 0 Å². The van der Waals surface area contributed by atoms with Crippen LogP contribution in [0, 0.1) is 5.92 Å². The first kappa shape index (κ1) is 16.9. The number of aldehydes is 1. The molecule has 1 N–H and O–H groups in total. The van der Waals surface area contributed by atoms with Crippen molar-refractivity contribution in [3.63, 3.8) is 0 Å². The van der Waals surface area contributed by atoms with Crippen LogP contribution >= 0.6 is 0 Å². The molecule has 2 aromatic heterocycles. The monoisotopic (exact) mass is 334 g/mol. The van der Waals surface area contributed by atoms with E-state index in [-0.39, 0.29) is 0 Å². The van der Waals surface area contributed by atoms with Crippen LogP contribution in [-0.4, -0.2) is 28.5 Å². The topological polar surface area (TPSA) is 61.9 Å². The van der Waals surface area contributed by atoms with Crippen molar-refractivity contribution in [2.75, 3.05) is 11.9 Å². The molecule has 0 amide bonds. The van der Waals surface area contributed by atoms with E-state index in [0.29, 0.717) is 17.2 Å². The summed E-state index contributed by atoms with van der Waals surface area (Å²) in [5, 5.41) is 7.46. The van der Waals surface area contributed by atoms with E-state index in [9.17, 15) is 4.79 Å². The van der Waals surface area contributed by atoms with Crippen LogP contribution in [-0.2, 0) is 6.42 Å². The molecule has 3 rings (SSSR count). The molecule has 0 bridgehead atoms. The van der Waals surface area contributed by atoms with Crippen LogP contribution in [0.25, 0.3) is 11.3 Å². The molecule has 0 radical (unpaired) electrons. The smallest absolute Gasteiger partial charge is 0.154 e. The highest BCUT2D eigenvalue weighted by molar-refractivity contribution is 5.91. The molecule has 1 aromatic carbocycles. The number of H-pyrrole nitrogens is 1. The van der Waals surface area contributed by atoms with E-state index >= 15 is 0 Å². The molecule has 0 fully saturated rings. The van der Waals surface area contributed by atoms with E-state index in [1.54, 1.807) is 6.20 Å². The molecule has 25 heavy (non-hydrogen) atoms. The van der Waals surface area contributed by atoms with Crippen molar-refractivity contribution < 1.29 is 4.79 Å². The zero-order chi connectivity index (χ0) is 17.8. The Kier molecular flexibility index (Phi) is 4.93. The quantitative estimate of drug-likeness (QED) is 0.685. The minimum absolute atomic E-state index is 0.437. The number of para-hydroxylation sites is 1. The first-order valence-corrected chi connectivity index (χ1v) is 8.38. The van der Waals surface area contributed by atoms with Crippen LogP contribution in [0.1, 0.15) is 29.9 Å². The minimum atomic E-state index is 0.437. The molecule has 0 spiro atoms. The molecule has 128 valence electrons. The summed E-state index contributed by atoms with van der Waals surface area (Å²) in [6, 6.07) is 13.8. The van der Waals surface area contributed by atoms with Gasteiger partial charge in [-0.25, -0.2) is 4.98 Å². The molecular weight excluding hydrogens is 312 g/mol. The van der Waals surface area contributed by atoms with Crippen LogP contribution in [0.15, 0.2) is 48.7 Å². The zero-order valence-electron chi connectivity index (χ0n) is 14.7. The highest BCUT2D eigenvalue weighted by Crippen LogP contribution is 2.33. The van der Waals surface area contributed by atoms with Gasteiger partial charge in [-0.05, 0) is 36.6 Å². The molecular formula is C20H22N4O. The van der Waals surface area contributed by atoms with E-state index in [1.165, 1.54) is 0 Å². The lowest BCUT2D eigenvalue weighted by Gasteiger charge is -2.20. The number of pyridine rings is 1. The second kappa shape index (κ2) is 7.30. The first-order valence-electron chi connectivity index (χ1n) is 8.38. The summed E-state index contributed by atoms with van der Waals surface area (Å²) >= 11 is 0. The number of carbonyl (C=O) groups excluding carboxylic acids is 1. The Labute approximate surface area is 147 Å². The van der Waals surface area contributed by atoms with Crippen LogP contribution in [0.4, 0.5) is 11.5 Å². The second-order valence-electron chi connectivity index (χ2n) is 6.45. The van der Waals surface area contributed by atoms with Gasteiger partial charge in [0.25, 0.3) is 0 Å². The molecule has 0 saturated heterocycles. The molecule has 0 atom stereocenters. The van der Waals surface area contributed by atoms with Crippen LogP contribution in [0.2, 0.25) is 0 Å². The third kappa shape index (κ3) is 3.45. The van der Waals surface area contributed by atoms with Gasteiger partial charge in [0, 0.05) is 30.2 Å². The van der Waals surface area contributed by atoms with Gasteiger partial charge in [0.05, 0.1) is 5.56 Å². The highest BCUT2D eigenvalue weighted by atomic mass is 16.1. The number of anilines is 2. The molecule has 0 aliphatic rings. The van der Waals surface area contributed by atoms with Gasteiger partial charge in [0.15, 0.2) is 6.29 Å². The van der Waals surface area contributed by atoms with Gasteiger partial charge < -0.3 is 4.90 Å². The second-order valence-corrected chi connectivity index (χ2v) is 6.45. The van der Waals surface area contributed by atoms with Gasteiger partial charge in [0.1, 0.15) is 11.5 Å². The fraction of sp³-hybridized carbons (Fsp3) is 0.250. The third-order valence-electron chi connectivity index (χ3n) is 4.12. The summed E-state index contributed by atoms with van der Waals surface area (Å²) in [7, 11) is 1.96. The zero-order valence-corrected chi connectivity index (χ0v) is 14.7. The van der Waals surface area contributed by atoms with Gasteiger partial charge in [-0.3, -0.25) is 9.89 Å². The SMILES string of the molecule is CC(C)Cc1[nH]nc(-c2cccnc2N(C)c2ccccc2)c1C=O. The number of carbonyl (C=O) groups is 1. The number of rotatable bonds is 6. The van der Waals surface area contributed by atoms with E-state index in [2.05, 4.69) is 29.0 Å². The maximum absolute atomic E-state index is 11.7. The molecule has 0 saturated carbocycles. The summed E-state index contributed by atoms with van der Waals surface area (Å²) in [6.07, 6.45) is 3.42. The van der Waals surface area contributed by atoms with E-state index < -0.39 is 0 Å². The molecule has 2 heterocycles. The molecule has 3 aromatic rings. The largest absolute Gasteiger partial charge is 0.329 e. The molecule has 5 nitrogen and oxygen atoms in total. The van der Waals surface area contributed by atoms with Crippen LogP contribution < -0.4 is 4.90 Å². The molecule has 0 aliphatic heterocycles. The van der Waals surface area contributed by atoms with E-state index in [1.807, 2.05) is 54.4 Å². The average Bonchev–Trinajstić information content (AvgIpc) is 3.03. The minimum Gasteiger partial charge on any atom is -0.329 e. The molecule has 0 aliphatic carbocycles. The Morgan fingerprint density at radius 3 is 2.60 bits per heavy atom. The van der Waals surface area contributed by atoms with Crippen molar-refractivity contribution in [3.8, 4) is 11.3 Å². The summed E-state index contributed by atoms with van der Waals surface area (Å²) in [4.78, 5) is 18.3. The summed E-state index contributed by atoms with van der Waals surface area (Å²) in [5.41, 5.74) is 3.99. The maximum atomic E-state index is 11.7. The lowest BCUT2D eigenvalue weighted by atomic mass is 10.0. The van der Waals surface area contributed by atoms with Gasteiger partial charge in [-0.1, -0.05) is 32.0 Å². The number of hydrogen-bond acceptors (Lipinski definition) is 4. The molecule has 5 heteroatoms. The van der Waals surface area contributed by atoms with Crippen molar-refractivity contribution in [3.05, 3.63) is 59.9 Å². The lowest BCUT2D eigenvalue weighted by molar-refractivity contribution is 0.112. The summed E-state index contributed by atoms with van der Waals surface area (Å²) in [5.74, 6) is 1.20. The number of nitrogens with one attached hydrogen (secondary N) is 1. The normalized spacial score (nSPS) is 10.9. The van der Waals surface area contributed by atoms with Crippen molar-refractivity contribution >= 4 is 17.8 Å². The predicted octanol–water partition coefficient (Wildman–Crippen LogP) is 4.25. The van der Waals surface area contributed by atoms with Gasteiger partial charge in [-0.15, -0.1) is 0 Å². The fourth-order valence-electron chi connectivity index (χ4n) is 2.91. The predicted molar refractivity (Wildman–Crippen MR) is 100 cm³/mol. The third-order valence-corrected chi connectivity index (χ3v) is 4.12. The van der Waals surface area contributed by atoms with Crippen molar-refractivity contribution in [2.24, 2.45) is 5.92 Å². The molecule has 0 unspecified atom stereocenters. The number of hydrogen-bond donors (Lipinski definition) is 1. The Hall–Kier alpha value is -2.95. The van der Waals surface area contributed by atoms with E-state index in [0.717, 1.165) is 35.5 Å². The first-order chi connectivity index (χ1) is 12.1. The lowest BCUT2D eigenvalue weighted by Crippen LogP contribution is -2.12. The number of aromatic amines is 1. The Balaban J connectivity index is 2.08. The van der Waals surface area contributed by atoms with Crippen molar-refractivity contribution in [2.45, 2.75) is 20.3 Å². The standard InChI is InChI=1S/C20H22N4O/c1-14(2)12-18-17(13-25)19(23-22-18)16-10-7-11-21-20(16)24(3)15-8-5-4-6-9-15/h4-11,13-14H,12H2,1-3H3,(H,22,23). The number of nitrogens with zero attached hydrogens (tertiary/aromatic N) is 3. The van der Waals surface area contributed by atoms with Crippen LogP contribution in [0.5, 0.6) is 0 Å². The Bertz CT molecular complexity index is 855. The van der Waals surface area contributed by atoms with Crippen molar-refractivity contribution in [1.82, 2.24) is 15.2 Å².